The van der Waals surface area contributed by atoms with Gasteiger partial charge in [0.2, 0.25) is 0 Å². The Balaban J connectivity index is 1.59. The minimum Gasteiger partial charge on any atom is -0.328 e. The molecule has 4 heterocycles. The number of nitrogens with zero attached hydrogens (tertiary/aromatic N) is 5. The first-order valence-electron chi connectivity index (χ1n) is 9.22. The van der Waals surface area contributed by atoms with Crippen LogP contribution in [-0.2, 0) is 13.1 Å². The maximum Gasteiger partial charge on any atom is 0.255 e. The van der Waals surface area contributed by atoms with Gasteiger partial charge < -0.3 is 4.90 Å². The lowest BCUT2D eigenvalue weighted by Gasteiger charge is -2.17. The molecule has 1 aliphatic carbocycles. The number of hydrogen-bond acceptors (Lipinski definition) is 4. The van der Waals surface area contributed by atoms with Crippen molar-refractivity contribution in [3.63, 3.8) is 0 Å². The van der Waals surface area contributed by atoms with Gasteiger partial charge in [-0.25, -0.2) is 9.67 Å². The molecule has 132 valence electrons. The van der Waals surface area contributed by atoms with E-state index in [0.717, 1.165) is 46.4 Å². The van der Waals surface area contributed by atoms with Crippen molar-refractivity contribution < 1.29 is 4.79 Å². The Morgan fingerprint density at radius 3 is 2.85 bits per heavy atom. The molecule has 3 aromatic rings. The lowest BCUT2D eigenvalue weighted by Crippen LogP contribution is -2.26. The van der Waals surface area contributed by atoms with Crippen LogP contribution in [0, 0.1) is 0 Å². The summed E-state index contributed by atoms with van der Waals surface area (Å²) < 4.78 is 1.91. The number of rotatable bonds is 3. The fraction of sp³-hybridized carbons (Fsp3) is 0.400. The van der Waals surface area contributed by atoms with Gasteiger partial charge in [0, 0.05) is 30.4 Å². The van der Waals surface area contributed by atoms with Gasteiger partial charge in [0.25, 0.3) is 5.91 Å². The van der Waals surface area contributed by atoms with Crippen molar-refractivity contribution in [1.82, 2.24) is 24.6 Å². The summed E-state index contributed by atoms with van der Waals surface area (Å²) in [5, 5.41) is 5.34. The minimum atomic E-state index is 0.0422. The van der Waals surface area contributed by atoms with Gasteiger partial charge in [-0.15, -0.1) is 0 Å². The number of hydrogen-bond donors (Lipinski definition) is 0. The van der Waals surface area contributed by atoms with Crippen molar-refractivity contribution in [2.75, 3.05) is 0 Å². The summed E-state index contributed by atoms with van der Waals surface area (Å²) in [6.07, 6.45) is 5.88. The maximum atomic E-state index is 13.3. The Labute approximate surface area is 151 Å². The highest BCUT2D eigenvalue weighted by Gasteiger charge is 2.31. The molecular weight excluding hydrogens is 326 g/mol. The van der Waals surface area contributed by atoms with Crippen molar-refractivity contribution >= 4 is 16.9 Å². The highest BCUT2D eigenvalue weighted by Crippen LogP contribution is 2.40. The van der Waals surface area contributed by atoms with E-state index in [0.29, 0.717) is 19.0 Å². The van der Waals surface area contributed by atoms with Crippen molar-refractivity contribution in [2.45, 2.75) is 51.7 Å². The van der Waals surface area contributed by atoms with Crippen LogP contribution in [0.25, 0.3) is 11.0 Å². The number of carbonyl (C=O) groups is 1. The zero-order valence-corrected chi connectivity index (χ0v) is 15.0. The molecule has 0 atom stereocenters. The van der Waals surface area contributed by atoms with E-state index in [1.807, 2.05) is 27.8 Å². The number of aromatic nitrogens is 4. The molecule has 0 aromatic carbocycles. The second kappa shape index (κ2) is 5.62. The fourth-order valence-corrected chi connectivity index (χ4v) is 3.69. The molecule has 1 aliphatic heterocycles. The van der Waals surface area contributed by atoms with Gasteiger partial charge in [-0.05, 0) is 44.4 Å². The largest absolute Gasteiger partial charge is 0.328 e. The van der Waals surface area contributed by atoms with Crippen molar-refractivity contribution in [1.29, 1.82) is 0 Å². The summed E-state index contributed by atoms with van der Waals surface area (Å²) in [6, 6.07) is 6.17. The van der Waals surface area contributed by atoms with Gasteiger partial charge in [-0.2, -0.15) is 5.10 Å². The molecule has 5 rings (SSSR count). The van der Waals surface area contributed by atoms with Gasteiger partial charge in [-0.3, -0.25) is 9.78 Å². The van der Waals surface area contributed by atoms with Crippen LogP contribution in [0.2, 0.25) is 0 Å². The Hall–Kier alpha value is -2.76. The zero-order chi connectivity index (χ0) is 17.8. The Bertz CT molecular complexity index is 993. The van der Waals surface area contributed by atoms with E-state index in [9.17, 15) is 4.79 Å². The molecule has 0 spiro atoms. The third-order valence-corrected chi connectivity index (χ3v) is 5.28. The van der Waals surface area contributed by atoms with Gasteiger partial charge in [0.05, 0.1) is 29.4 Å². The van der Waals surface area contributed by atoms with E-state index in [1.54, 1.807) is 12.4 Å². The third-order valence-electron chi connectivity index (χ3n) is 5.28. The smallest absolute Gasteiger partial charge is 0.255 e. The summed E-state index contributed by atoms with van der Waals surface area (Å²) in [5.41, 5.74) is 4.69. The van der Waals surface area contributed by atoms with Crippen LogP contribution in [0.15, 0.2) is 30.6 Å². The van der Waals surface area contributed by atoms with E-state index >= 15 is 0 Å². The minimum absolute atomic E-state index is 0.0422. The van der Waals surface area contributed by atoms with E-state index in [4.69, 9.17) is 4.98 Å². The predicted octanol–water partition coefficient (Wildman–Crippen LogP) is 3.44. The topological polar surface area (TPSA) is 63.9 Å². The summed E-state index contributed by atoms with van der Waals surface area (Å²) >= 11 is 0. The zero-order valence-electron chi connectivity index (χ0n) is 15.0. The van der Waals surface area contributed by atoms with E-state index < -0.39 is 0 Å². The average molecular weight is 347 g/mol. The first kappa shape index (κ1) is 15.5. The average Bonchev–Trinajstić information content (AvgIpc) is 3.25. The molecule has 1 amide bonds. The predicted molar refractivity (Wildman–Crippen MR) is 97.7 cm³/mol. The summed E-state index contributed by atoms with van der Waals surface area (Å²) in [4.78, 5) is 24.5. The first-order valence-corrected chi connectivity index (χ1v) is 9.22. The van der Waals surface area contributed by atoms with Gasteiger partial charge >= 0.3 is 0 Å². The van der Waals surface area contributed by atoms with Crippen LogP contribution in [0.4, 0.5) is 0 Å². The van der Waals surface area contributed by atoms with Crippen molar-refractivity contribution in [3.8, 4) is 0 Å². The fourth-order valence-electron chi connectivity index (χ4n) is 3.69. The number of amides is 1. The number of fused-ring (bicyclic) bond motifs is 2. The Kier molecular flexibility index (Phi) is 3.35. The highest BCUT2D eigenvalue weighted by atomic mass is 16.2. The normalized spacial score (nSPS) is 16.5. The molecule has 1 fully saturated rings. The number of carbonyl (C=O) groups excluding carboxylic acids is 1. The molecule has 6 nitrogen and oxygen atoms in total. The van der Waals surface area contributed by atoms with Gasteiger partial charge in [0.1, 0.15) is 0 Å². The number of pyridine rings is 2. The van der Waals surface area contributed by atoms with Gasteiger partial charge in [-0.1, -0.05) is 6.07 Å². The summed E-state index contributed by atoms with van der Waals surface area (Å²) in [7, 11) is 0. The molecule has 26 heavy (non-hydrogen) atoms. The molecule has 0 bridgehead atoms. The van der Waals surface area contributed by atoms with E-state index in [-0.39, 0.29) is 11.9 Å². The van der Waals surface area contributed by atoms with Crippen LogP contribution in [0.5, 0.6) is 0 Å². The molecule has 0 N–H and O–H groups in total. The molecule has 1 saturated carbocycles. The maximum absolute atomic E-state index is 13.3. The quantitative estimate of drug-likeness (QED) is 0.728. The highest BCUT2D eigenvalue weighted by molar-refractivity contribution is 6.05. The van der Waals surface area contributed by atoms with Crippen LogP contribution < -0.4 is 0 Å². The van der Waals surface area contributed by atoms with Crippen LogP contribution in [0.1, 0.15) is 66.0 Å². The Morgan fingerprint density at radius 1 is 1.27 bits per heavy atom. The second-order valence-electron chi connectivity index (χ2n) is 7.56. The molecule has 6 heteroatoms. The van der Waals surface area contributed by atoms with E-state index in [2.05, 4.69) is 23.9 Å². The van der Waals surface area contributed by atoms with Crippen LogP contribution >= 0.6 is 0 Å². The molecule has 0 saturated heterocycles. The van der Waals surface area contributed by atoms with Crippen molar-refractivity contribution in [3.05, 3.63) is 53.1 Å². The van der Waals surface area contributed by atoms with Crippen LogP contribution in [-0.4, -0.2) is 30.6 Å². The van der Waals surface area contributed by atoms with Crippen molar-refractivity contribution in [2.24, 2.45) is 0 Å². The second-order valence-corrected chi connectivity index (χ2v) is 7.56. The lowest BCUT2D eigenvalue weighted by molar-refractivity contribution is 0.0752. The first-order chi connectivity index (χ1) is 12.6. The molecular formula is C20H21N5O. The van der Waals surface area contributed by atoms with Gasteiger partial charge in [0.15, 0.2) is 5.65 Å². The molecule has 3 aromatic heterocycles. The van der Waals surface area contributed by atoms with E-state index in [1.165, 1.54) is 0 Å². The molecule has 0 unspecified atom stereocenters. The lowest BCUT2D eigenvalue weighted by atomic mass is 10.1. The molecule has 0 radical (unpaired) electrons. The summed E-state index contributed by atoms with van der Waals surface area (Å²) in [6.45, 7) is 5.35. The Morgan fingerprint density at radius 2 is 2.12 bits per heavy atom. The standard InChI is InChI=1S/C20H21N5O/c1-12(2)25-19-16(9-22-25)15(8-17(23-19)13-5-6-13)20(26)24-10-14-4-3-7-21-18(14)11-24/h3-4,7-9,12-13H,5-6,10-11H2,1-2H3. The summed E-state index contributed by atoms with van der Waals surface area (Å²) in [5.74, 6) is 0.527. The third kappa shape index (κ3) is 2.40. The monoisotopic (exact) mass is 347 g/mol. The SMILES string of the molecule is CC(C)n1ncc2c(C(=O)N3Cc4cccnc4C3)cc(C3CC3)nc21. The van der Waals surface area contributed by atoms with Crippen LogP contribution in [0.3, 0.4) is 0 Å². The molecule has 2 aliphatic rings.